The van der Waals surface area contributed by atoms with Crippen LogP contribution in [0.2, 0.25) is 0 Å². The molecule has 0 bridgehead atoms. The van der Waals surface area contributed by atoms with Crippen molar-refractivity contribution in [3.63, 3.8) is 0 Å². The molecule has 0 unspecified atom stereocenters. The first-order valence-electron chi connectivity index (χ1n) is 6.41. The molecule has 1 atom stereocenters. The number of aliphatic carboxylic acids is 1. The SMILES string of the molecule is N[C@@H](Cc1ccc(Oc2cc(I)c(O)c(I)c2I)cc1)C(=O)O. The second kappa shape index (κ2) is 8.16. The van der Waals surface area contributed by atoms with Crippen LogP contribution >= 0.6 is 67.8 Å². The third kappa shape index (κ3) is 4.82. The zero-order chi connectivity index (χ0) is 17.1. The lowest BCUT2D eigenvalue weighted by Gasteiger charge is -2.12. The van der Waals surface area contributed by atoms with Crippen LogP contribution in [0.3, 0.4) is 0 Å². The minimum absolute atomic E-state index is 0.251. The van der Waals surface area contributed by atoms with Crippen molar-refractivity contribution in [2.75, 3.05) is 0 Å². The fourth-order valence-electron chi connectivity index (χ4n) is 1.80. The van der Waals surface area contributed by atoms with Crippen LogP contribution in [0.5, 0.6) is 17.2 Å². The van der Waals surface area contributed by atoms with Crippen molar-refractivity contribution >= 4 is 73.7 Å². The van der Waals surface area contributed by atoms with Gasteiger partial charge in [0.25, 0.3) is 0 Å². The van der Waals surface area contributed by atoms with Crippen LogP contribution in [-0.2, 0) is 11.2 Å². The molecule has 2 aromatic carbocycles. The Labute approximate surface area is 174 Å². The van der Waals surface area contributed by atoms with Gasteiger partial charge in [0.15, 0.2) is 0 Å². The average Bonchev–Trinajstić information content (AvgIpc) is 2.52. The number of carbonyl (C=O) groups is 1. The van der Waals surface area contributed by atoms with Crippen LogP contribution in [0.25, 0.3) is 0 Å². The fraction of sp³-hybridized carbons (Fsp3) is 0.133. The van der Waals surface area contributed by atoms with Gasteiger partial charge in [-0.05, 0) is 98.0 Å². The van der Waals surface area contributed by atoms with Crippen molar-refractivity contribution in [3.05, 3.63) is 46.6 Å². The molecule has 0 saturated carbocycles. The summed E-state index contributed by atoms with van der Waals surface area (Å²) in [6, 6.07) is 7.98. The highest BCUT2D eigenvalue weighted by Gasteiger charge is 2.15. The number of ether oxygens (including phenoxy) is 1. The Hall–Kier alpha value is -0.340. The Morgan fingerprint density at radius 2 is 1.78 bits per heavy atom. The van der Waals surface area contributed by atoms with E-state index in [2.05, 4.69) is 67.8 Å². The number of hydrogen-bond donors (Lipinski definition) is 3. The number of halogens is 3. The van der Waals surface area contributed by atoms with Gasteiger partial charge in [-0.1, -0.05) is 12.1 Å². The number of phenols is 1. The number of aromatic hydroxyl groups is 1. The minimum Gasteiger partial charge on any atom is -0.506 e. The first-order valence-corrected chi connectivity index (χ1v) is 9.65. The molecule has 0 aliphatic heterocycles. The Morgan fingerprint density at radius 3 is 2.35 bits per heavy atom. The molecule has 2 aromatic rings. The quantitative estimate of drug-likeness (QED) is 0.337. The van der Waals surface area contributed by atoms with E-state index in [0.29, 0.717) is 15.1 Å². The molecular weight excluding hydrogens is 639 g/mol. The highest BCUT2D eigenvalue weighted by molar-refractivity contribution is 14.1. The van der Waals surface area contributed by atoms with Crippen molar-refractivity contribution in [3.8, 4) is 17.2 Å². The smallest absolute Gasteiger partial charge is 0.320 e. The molecule has 2 rings (SSSR count). The first kappa shape index (κ1) is 19.0. The van der Waals surface area contributed by atoms with Gasteiger partial charge in [0.1, 0.15) is 23.3 Å². The Kier molecular flexibility index (Phi) is 6.74. The van der Waals surface area contributed by atoms with E-state index in [1.807, 2.05) is 0 Å². The van der Waals surface area contributed by atoms with E-state index in [-0.39, 0.29) is 12.2 Å². The molecular formula is C15H12I3NO4. The topological polar surface area (TPSA) is 92.8 Å². The van der Waals surface area contributed by atoms with Gasteiger partial charge in [0, 0.05) is 0 Å². The maximum atomic E-state index is 10.8. The molecule has 122 valence electrons. The van der Waals surface area contributed by atoms with Gasteiger partial charge in [0.2, 0.25) is 0 Å². The number of carboxylic acids is 1. The van der Waals surface area contributed by atoms with E-state index in [1.165, 1.54) is 0 Å². The predicted molar refractivity (Wildman–Crippen MR) is 112 cm³/mol. The molecule has 5 nitrogen and oxygen atoms in total. The monoisotopic (exact) mass is 651 g/mol. The van der Waals surface area contributed by atoms with Gasteiger partial charge in [-0.3, -0.25) is 4.79 Å². The summed E-state index contributed by atoms with van der Waals surface area (Å²) in [6.45, 7) is 0. The summed E-state index contributed by atoms with van der Waals surface area (Å²) < 4.78 is 8.15. The largest absolute Gasteiger partial charge is 0.506 e. The van der Waals surface area contributed by atoms with Crippen LogP contribution < -0.4 is 10.5 Å². The standard InChI is InChI=1S/C15H12I3NO4/c16-9-6-11(12(17)13(18)14(9)20)23-8-3-1-7(2-4-8)5-10(19)15(21)22/h1-4,6,10,20H,5,19H2,(H,21,22)/t10-/m0/s1. The second-order valence-electron chi connectivity index (χ2n) is 4.73. The van der Waals surface area contributed by atoms with E-state index in [9.17, 15) is 9.90 Å². The number of nitrogens with two attached hydrogens (primary N) is 1. The summed E-state index contributed by atoms with van der Waals surface area (Å²) in [5.74, 6) is 0.522. The van der Waals surface area contributed by atoms with Gasteiger partial charge in [0.05, 0.1) is 10.7 Å². The van der Waals surface area contributed by atoms with Crippen LogP contribution in [0.1, 0.15) is 5.56 Å². The number of benzene rings is 2. The molecule has 23 heavy (non-hydrogen) atoms. The molecule has 0 aliphatic carbocycles. The lowest BCUT2D eigenvalue weighted by Crippen LogP contribution is -2.32. The van der Waals surface area contributed by atoms with Crippen molar-refractivity contribution in [1.29, 1.82) is 0 Å². The fourth-order valence-corrected chi connectivity index (χ4v) is 3.95. The summed E-state index contributed by atoms with van der Waals surface area (Å²) in [5.41, 5.74) is 6.35. The number of carboxylic acid groups (broad SMARTS) is 1. The molecule has 8 heteroatoms. The molecule has 0 fully saturated rings. The van der Waals surface area contributed by atoms with Gasteiger partial charge in [-0.25, -0.2) is 0 Å². The summed E-state index contributed by atoms with van der Waals surface area (Å²) in [5, 5.41) is 18.7. The summed E-state index contributed by atoms with van der Waals surface area (Å²) in [7, 11) is 0. The van der Waals surface area contributed by atoms with E-state index < -0.39 is 12.0 Å². The summed E-state index contributed by atoms with van der Waals surface area (Å²) in [6.07, 6.45) is 0.266. The summed E-state index contributed by atoms with van der Waals surface area (Å²) in [4.78, 5) is 10.8. The lowest BCUT2D eigenvalue weighted by molar-refractivity contribution is -0.138. The van der Waals surface area contributed by atoms with Crippen LogP contribution in [-0.4, -0.2) is 22.2 Å². The van der Waals surface area contributed by atoms with Crippen molar-refractivity contribution < 1.29 is 19.7 Å². The molecule has 0 radical (unpaired) electrons. The molecule has 4 N–H and O–H groups in total. The lowest BCUT2D eigenvalue weighted by atomic mass is 10.1. The normalized spacial score (nSPS) is 12.0. The van der Waals surface area contributed by atoms with Gasteiger partial charge in [-0.2, -0.15) is 0 Å². The van der Waals surface area contributed by atoms with E-state index in [1.54, 1.807) is 30.3 Å². The molecule has 0 aromatic heterocycles. The van der Waals surface area contributed by atoms with Gasteiger partial charge >= 0.3 is 5.97 Å². The molecule has 0 aliphatic rings. The second-order valence-corrected chi connectivity index (χ2v) is 8.05. The number of phenolic OH excluding ortho intramolecular Hbond substituents is 1. The number of hydrogen-bond acceptors (Lipinski definition) is 4. The first-order chi connectivity index (χ1) is 10.8. The Balaban J connectivity index is 2.17. The third-order valence-electron chi connectivity index (χ3n) is 3.02. The average molecular weight is 651 g/mol. The third-order valence-corrected chi connectivity index (χ3v) is 7.00. The van der Waals surface area contributed by atoms with Crippen molar-refractivity contribution in [2.24, 2.45) is 5.73 Å². The minimum atomic E-state index is -1.02. The van der Waals surface area contributed by atoms with Crippen molar-refractivity contribution in [1.82, 2.24) is 0 Å². The zero-order valence-corrected chi connectivity index (χ0v) is 18.1. The molecule has 0 amide bonds. The molecule has 0 heterocycles. The Morgan fingerprint density at radius 1 is 1.17 bits per heavy atom. The highest BCUT2D eigenvalue weighted by atomic mass is 127. The van der Waals surface area contributed by atoms with E-state index in [4.69, 9.17) is 15.6 Å². The predicted octanol–water partition coefficient (Wildman–Crippen LogP) is 3.95. The maximum absolute atomic E-state index is 10.8. The molecule has 0 saturated heterocycles. The van der Waals surface area contributed by atoms with Crippen LogP contribution in [0, 0.1) is 10.7 Å². The van der Waals surface area contributed by atoms with E-state index in [0.717, 1.165) is 12.7 Å². The van der Waals surface area contributed by atoms with Gasteiger partial charge < -0.3 is 20.7 Å². The van der Waals surface area contributed by atoms with Crippen molar-refractivity contribution in [2.45, 2.75) is 12.5 Å². The maximum Gasteiger partial charge on any atom is 0.320 e. The zero-order valence-electron chi connectivity index (χ0n) is 11.6. The Bertz CT molecular complexity index is 734. The summed E-state index contributed by atoms with van der Waals surface area (Å²) >= 11 is 6.25. The molecule has 0 spiro atoms. The van der Waals surface area contributed by atoms with Gasteiger partial charge in [-0.15, -0.1) is 0 Å². The number of rotatable bonds is 5. The van der Waals surface area contributed by atoms with Crippen LogP contribution in [0.4, 0.5) is 0 Å². The van der Waals surface area contributed by atoms with Crippen LogP contribution in [0.15, 0.2) is 30.3 Å². The van der Waals surface area contributed by atoms with E-state index >= 15 is 0 Å². The highest BCUT2D eigenvalue weighted by Crippen LogP contribution is 2.38.